The minimum atomic E-state index is -4.57. The van der Waals surface area contributed by atoms with Gasteiger partial charge in [0.2, 0.25) is 0 Å². The fourth-order valence-corrected chi connectivity index (χ4v) is 3.69. The maximum absolute atomic E-state index is 13.0. The molecule has 0 radical (unpaired) electrons. The molecule has 0 bridgehead atoms. The Morgan fingerprint density at radius 3 is 2.76 bits per heavy atom. The van der Waals surface area contributed by atoms with Crippen LogP contribution in [0.15, 0.2) is 29.4 Å². The molecule has 10 heteroatoms. The lowest BCUT2D eigenvalue weighted by Crippen LogP contribution is -2.07. The van der Waals surface area contributed by atoms with Crippen molar-refractivity contribution in [1.29, 1.82) is 0 Å². The van der Waals surface area contributed by atoms with Crippen molar-refractivity contribution in [2.24, 2.45) is 7.05 Å². The minimum Gasteiger partial charge on any atom is -0.346 e. The highest BCUT2D eigenvalue weighted by Gasteiger charge is 2.33. The Balaban J connectivity index is 2.30. The first-order valence-electron chi connectivity index (χ1n) is 7.24. The van der Waals surface area contributed by atoms with Crippen LogP contribution in [0.2, 0.25) is 0 Å². The third-order valence-electron chi connectivity index (χ3n) is 3.70. The molecule has 1 atom stereocenters. The van der Waals surface area contributed by atoms with E-state index >= 15 is 0 Å². The first-order chi connectivity index (χ1) is 11.8. The van der Waals surface area contributed by atoms with E-state index in [2.05, 4.69) is 15.0 Å². The largest absolute Gasteiger partial charge is 0.419 e. The molecule has 5 nitrogen and oxygen atoms in total. The lowest BCUT2D eigenvalue weighted by atomic mass is 10.2. The highest BCUT2D eigenvalue weighted by molar-refractivity contribution is 7.85. The minimum absolute atomic E-state index is 0.0289. The van der Waals surface area contributed by atoms with Gasteiger partial charge in [0, 0.05) is 25.2 Å². The van der Waals surface area contributed by atoms with Crippen LogP contribution in [0.3, 0.4) is 0 Å². The summed E-state index contributed by atoms with van der Waals surface area (Å²) in [6.45, 7) is 1.77. The second-order valence-corrected chi connectivity index (χ2v) is 7.32. The monoisotopic (exact) mass is 386 g/mol. The average Bonchev–Trinajstić information content (AvgIpc) is 2.91. The van der Waals surface area contributed by atoms with Crippen LogP contribution in [-0.4, -0.2) is 29.5 Å². The summed E-state index contributed by atoms with van der Waals surface area (Å²) < 4.78 is 52.6. The number of nitrogens with one attached hydrogen (secondary N) is 1. The molecule has 0 saturated carbocycles. The Labute approximate surface area is 148 Å². The Morgan fingerprint density at radius 1 is 1.40 bits per heavy atom. The van der Waals surface area contributed by atoms with Crippen LogP contribution in [0.1, 0.15) is 12.5 Å². The van der Waals surface area contributed by atoms with E-state index in [0.717, 1.165) is 6.20 Å². The summed E-state index contributed by atoms with van der Waals surface area (Å²) in [5.41, 5.74) is -0.219. The van der Waals surface area contributed by atoms with Crippen molar-refractivity contribution < 1.29 is 17.4 Å². The predicted molar refractivity (Wildman–Crippen MR) is 91.1 cm³/mol. The van der Waals surface area contributed by atoms with Crippen molar-refractivity contribution in [2.75, 3.05) is 5.75 Å². The quantitative estimate of drug-likeness (QED) is 0.695. The van der Waals surface area contributed by atoms with Crippen LogP contribution in [0.4, 0.5) is 13.2 Å². The van der Waals surface area contributed by atoms with E-state index in [-0.39, 0.29) is 10.0 Å². The summed E-state index contributed by atoms with van der Waals surface area (Å²) in [5, 5.41) is 0. The van der Waals surface area contributed by atoms with Crippen molar-refractivity contribution in [3.8, 4) is 11.5 Å². The lowest BCUT2D eigenvalue weighted by Gasteiger charge is -2.07. The Hall–Kier alpha value is -2.07. The first kappa shape index (κ1) is 17.7. The molecular formula is C15H13F3N4OS2. The van der Waals surface area contributed by atoms with Crippen molar-refractivity contribution >= 4 is 34.2 Å². The molecule has 0 aliphatic rings. The van der Waals surface area contributed by atoms with Gasteiger partial charge in [-0.2, -0.15) is 13.2 Å². The summed E-state index contributed by atoms with van der Waals surface area (Å²) in [4.78, 5) is 11.6. The topological polar surface area (TPSA) is 63.6 Å². The van der Waals surface area contributed by atoms with Gasteiger partial charge < -0.3 is 9.55 Å². The number of fused-ring (bicyclic) bond motifs is 1. The number of aromatic amines is 1. The van der Waals surface area contributed by atoms with Gasteiger partial charge in [-0.25, -0.2) is 4.98 Å². The number of aryl methyl sites for hydroxylation is 1. The molecule has 0 aliphatic carbocycles. The van der Waals surface area contributed by atoms with Gasteiger partial charge in [0.25, 0.3) is 0 Å². The molecule has 132 valence electrons. The Kier molecular flexibility index (Phi) is 4.50. The molecule has 0 saturated heterocycles. The van der Waals surface area contributed by atoms with Crippen molar-refractivity contribution in [2.45, 2.75) is 18.0 Å². The van der Waals surface area contributed by atoms with E-state index < -0.39 is 22.5 Å². The third kappa shape index (κ3) is 2.99. The molecule has 25 heavy (non-hydrogen) atoms. The molecular weight excluding hydrogens is 373 g/mol. The SMILES string of the molecule is CCS(=O)c1cccnc1-c1nc2c(=S)c(C(F)(F)F)c[nH]c2n1C. The Bertz CT molecular complexity index is 1040. The summed E-state index contributed by atoms with van der Waals surface area (Å²) >= 11 is 4.98. The number of aromatic nitrogens is 4. The standard InChI is InChI=1S/C15H13F3N4OS2/c1-3-25(23)9-5-4-6-19-10(9)14-21-11-12(24)8(15(16,17)18)7-20-13(11)22(14)2/h4-7H,3H2,1-2H3,(H,20,24). The number of halogens is 3. The molecule has 1 unspecified atom stereocenters. The van der Waals surface area contributed by atoms with Gasteiger partial charge in [0.15, 0.2) is 5.82 Å². The smallest absolute Gasteiger partial charge is 0.346 e. The van der Waals surface area contributed by atoms with Crippen LogP contribution in [-0.2, 0) is 24.0 Å². The highest BCUT2D eigenvalue weighted by Crippen LogP contribution is 2.33. The first-order valence-corrected chi connectivity index (χ1v) is 8.97. The molecule has 0 aromatic carbocycles. The zero-order chi connectivity index (χ0) is 18.4. The van der Waals surface area contributed by atoms with E-state index in [0.29, 0.717) is 27.8 Å². The second kappa shape index (κ2) is 6.34. The van der Waals surface area contributed by atoms with Gasteiger partial charge >= 0.3 is 6.18 Å². The third-order valence-corrected chi connectivity index (χ3v) is 5.46. The summed E-state index contributed by atoms with van der Waals surface area (Å²) in [6, 6.07) is 3.32. The zero-order valence-corrected chi connectivity index (χ0v) is 14.8. The normalized spacial score (nSPS) is 13.3. The van der Waals surface area contributed by atoms with Gasteiger partial charge in [0.05, 0.1) is 25.8 Å². The van der Waals surface area contributed by atoms with E-state index in [1.807, 2.05) is 0 Å². The zero-order valence-electron chi connectivity index (χ0n) is 13.2. The number of H-pyrrole nitrogens is 1. The maximum Gasteiger partial charge on any atom is 0.419 e. The summed E-state index contributed by atoms with van der Waals surface area (Å²) in [5.74, 6) is 0.688. The predicted octanol–water partition coefficient (Wildman–Crippen LogP) is 3.84. The molecule has 3 rings (SSSR count). The number of rotatable bonds is 3. The lowest BCUT2D eigenvalue weighted by molar-refractivity contribution is -0.138. The average molecular weight is 386 g/mol. The molecule has 0 amide bonds. The number of hydrogen-bond donors (Lipinski definition) is 1. The molecule has 1 N–H and O–H groups in total. The molecule has 0 fully saturated rings. The van der Waals surface area contributed by atoms with Crippen LogP contribution in [0.25, 0.3) is 22.7 Å². The highest BCUT2D eigenvalue weighted by atomic mass is 32.2. The molecule has 0 spiro atoms. The van der Waals surface area contributed by atoms with E-state index in [9.17, 15) is 17.4 Å². The van der Waals surface area contributed by atoms with Crippen molar-refractivity contribution in [3.05, 3.63) is 34.6 Å². The molecule has 3 heterocycles. The van der Waals surface area contributed by atoms with Gasteiger partial charge in [-0.1, -0.05) is 19.1 Å². The van der Waals surface area contributed by atoms with Gasteiger partial charge in [-0.3, -0.25) is 9.19 Å². The second-order valence-electron chi connectivity index (χ2n) is 5.21. The number of hydrogen-bond acceptors (Lipinski definition) is 4. The van der Waals surface area contributed by atoms with Gasteiger partial charge in [-0.05, 0) is 12.1 Å². The number of nitrogens with zero attached hydrogens (tertiary/aromatic N) is 3. The van der Waals surface area contributed by atoms with Crippen molar-refractivity contribution in [3.63, 3.8) is 0 Å². The van der Waals surface area contributed by atoms with E-state index in [1.165, 1.54) is 6.20 Å². The van der Waals surface area contributed by atoms with Gasteiger partial charge in [-0.15, -0.1) is 0 Å². The summed E-state index contributed by atoms with van der Waals surface area (Å²) in [7, 11) is 0.347. The fourth-order valence-electron chi connectivity index (χ4n) is 2.48. The van der Waals surface area contributed by atoms with E-state index in [4.69, 9.17) is 12.2 Å². The maximum atomic E-state index is 13.0. The number of alkyl halides is 3. The van der Waals surface area contributed by atoms with Crippen LogP contribution in [0, 0.1) is 4.51 Å². The molecule has 3 aromatic heterocycles. The Morgan fingerprint density at radius 2 is 2.12 bits per heavy atom. The van der Waals surface area contributed by atoms with Crippen LogP contribution in [0.5, 0.6) is 0 Å². The number of pyridine rings is 2. The summed E-state index contributed by atoms with van der Waals surface area (Å²) in [6.07, 6.45) is -2.22. The molecule has 3 aromatic rings. The fraction of sp³-hybridized carbons (Fsp3) is 0.267. The number of imidazole rings is 1. The van der Waals surface area contributed by atoms with Gasteiger partial charge in [0.1, 0.15) is 16.9 Å². The van der Waals surface area contributed by atoms with Crippen molar-refractivity contribution in [1.82, 2.24) is 19.5 Å². The molecule has 0 aliphatic heterocycles. The van der Waals surface area contributed by atoms with Crippen LogP contribution >= 0.6 is 12.2 Å². The van der Waals surface area contributed by atoms with E-state index in [1.54, 1.807) is 30.7 Å². The van der Waals surface area contributed by atoms with Crippen LogP contribution < -0.4 is 0 Å².